The first-order valence-corrected chi connectivity index (χ1v) is 6.29. The molecule has 4 heteroatoms. The lowest BCUT2D eigenvalue weighted by molar-refractivity contribution is 0.102. The maximum Gasteiger partial charge on any atom is 0.257 e. The van der Waals surface area contributed by atoms with Crippen LogP contribution in [-0.2, 0) is 0 Å². The van der Waals surface area contributed by atoms with Crippen molar-refractivity contribution in [2.75, 3.05) is 11.1 Å². The smallest absolute Gasteiger partial charge is 0.257 e. The molecule has 0 aromatic heterocycles. The maximum atomic E-state index is 12.1. The number of carbonyl (C=O) groups is 1. The second kappa shape index (κ2) is 5.33. The van der Waals surface area contributed by atoms with Crippen molar-refractivity contribution in [1.82, 2.24) is 0 Å². The van der Waals surface area contributed by atoms with E-state index in [2.05, 4.69) is 5.32 Å². The van der Waals surface area contributed by atoms with Crippen LogP contribution in [0.2, 0.25) is 5.02 Å². The van der Waals surface area contributed by atoms with Gasteiger partial charge in [-0.3, -0.25) is 4.79 Å². The Morgan fingerprint density at radius 1 is 1.16 bits per heavy atom. The van der Waals surface area contributed by atoms with E-state index in [1.54, 1.807) is 18.2 Å². The molecule has 0 spiro atoms. The summed E-state index contributed by atoms with van der Waals surface area (Å²) in [6, 6.07) is 10.7. The molecule has 0 aliphatic heterocycles. The average molecular weight is 275 g/mol. The summed E-state index contributed by atoms with van der Waals surface area (Å²) >= 11 is 6.01. The number of nitrogens with one attached hydrogen (secondary N) is 1. The largest absolute Gasteiger partial charge is 0.399 e. The van der Waals surface area contributed by atoms with Crippen molar-refractivity contribution < 1.29 is 4.79 Å². The van der Waals surface area contributed by atoms with Crippen molar-refractivity contribution in [3.8, 4) is 0 Å². The Morgan fingerprint density at radius 2 is 1.89 bits per heavy atom. The predicted octanol–water partition coefficient (Wildman–Crippen LogP) is 3.79. The first kappa shape index (κ1) is 13.4. The Morgan fingerprint density at radius 3 is 2.53 bits per heavy atom. The number of amides is 1. The first-order valence-electron chi connectivity index (χ1n) is 5.91. The summed E-state index contributed by atoms with van der Waals surface area (Å²) in [5, 5.41) is 3.20. The SMILES string of the molecule is Cc1ccc(NC(=O)c2ccc(N)cc2Cl)c(C)c1. The third kappa shape index (κ3) is 3.06. The van der Waals surface area contributed by atoms with Crippen molar-refractivity contribution in [3.05, 3.63) is 58.1 Å². The Bertz CT molecular complexity index is 638. The molecule has 0 aliphatic carbocycles. The summed E-state index contributed by atoms with van der Waals surface area (Å²) in [6.07, 6.45) is 0. The van der Waals surface area contributed by atoms with Crippen LogP contribution in [0.3, 0.4) is 0 Å². The van der Waals surface area contributed by atoms with Crippen molar-refractivity contribution in [2.45, 2.75) is 13.8 Å². The molecule has 0 atom stereocenters. The van der Waals surface area contributed by atoms with E-state index < -0.39 is 0 Å². The number of hydrogen-bond acceptors (Lipinski definition) is 2. The van der Waals surface area contributed by atoms with E-state index in [0.717, 1.165) is 16.8 Å². The van der Waals surface area contributed by atoms with Crippen LogP contribution in [0.1, 0.15) is 21.5 Å². The molecule has 0 fully saturated rings. The van der Waals surface area contributed by atoms with Gasteiger partial charge in [-0.25, -0.2) is 0 Å². The Kier molecular flexibility index (Phi) is 3.76. The van der Waals surface area contributed by atoms with Crippen LogP contribution in [0.5, 0.6) is 0 Å². The zero-order chi connectivity index (χ0) is 14.0. The van der Waals surface area contributed by atoms with Gasteiger partial charge >= 0.3 is 0 Å². The molecule has 2 aromatic carbocycles. The molecule has 3 nitrogen and oxygen atoms in total. The number of halogens is 1. The molecule has 0 bridgehead atoms. The summed E-state index contributed by atoms with van der Waals surface area (Å²) in [5.74, 6) is -0.239. The highest BCUT2D eigenvalue weighted by Crippen LogP contribution is 2.22. The molecular formula is C15H15ClN2O. The number of nitrogen functional groups attached to an aromatic ring is 1. The zero-order valence-electron chi connectivity index (χ0n) is 10.8. The third-order valence-electron chi connectivity index (χ3n) is 2.87. The predicted molar refractivity (Wildman–Crippen MR) is 79.7 cm³/mol. The van der Waals surface area contributed by atoms with Gasteiger partial charge in [-0.1, -0.05) is 29.3 Å². The number of nitrogens with two attached hydrogens (primary N) is 1. The van der Waals surface area contributed by atoms with Gasteiger partial charge in [0.1, 0.15) is 0 Å². The Balaban J connectivity index is 2.25. The molecule has 98 valence electrons. The number of benzene rings is 2. The van der Waals surface area contributed by atoms with Crippen molar-refractivity contribution in [3.63, 3.8) is 0 Å². The normalized spacial score (nSPS) is 10.3. The summed E-state index contributed by atoms with van der Waals surface area (Å²) in [7, 11) is 0. The number of rotatable bonds is 2. The van der Waals surface area contributed by atoms with Crippen LogP contribution < -0.4 is 11.1 Å². The van der Waals surface area contributed by atoms with E-state index >= 15 is 0 Å². The fourth-order valence-corrected chi connectivity index (χ4v) is 2.13. The fourth-order valence-electron chi connectivity index (χ4n) is 1.86. The van der Waals surface area contributed by atoms with Crippen molar-refractivity contribution >= 4 is 28.9 Å². The number of carbonyl (C=O) groups excluding carboxylic acids is 1. The summed E-state index contributed by atoms with van der Waals surface area (Å²) < 4.78 is 0. The summed E-state index contributed by atoms with van der Waals surface area (Å²) in [5.41, 5.74) is 9.50. The first-order chi connectivity index (χ1) is 8.97. The van der Waals surface area contributed by atoms with Gasteiger partial charge in [-0.05, 0) is 43.7 Å². The molecular weight excluding hydrogens is 260 g/mol. The minimum atomic E-state index is -0.239. The van der Waals surface area contributed by atoms with Gasteiger partial charge in [-0.2, -0.15) is 0 Å². The highest BCUT2D eigenvalue weighted by molar-refractivity contribution is 6.34. The van der Waals surface area contributed by atoms with Crippen LogP contribution in [0.15, 0.2) is 36.4 Å². The second-order valence-corrected chi connectivity index (χ2v) is 4.92. The quantitative estimate of drug-likeness (QED) is 0.819. The van der Waals surface area contributed by atoms with Crippen molar-refractivity contribution in [1.29, 1.82) is 0 Å². The highest BCUT2D eigenvalue weighted by atomic mass is 35.5. The Hall–Kier alpha value is -2.00. The molecule has 0 radical (unpaired) electrons. The maximum absolute atomic E-state index is 12.1. The summed E-state index contributed by atoms with van der Waals surface area (Å²) in [6.45, 7) is 3.96. The van der Waals surface area contributed by atoms with Crippen LogP contribution in [-0.4, -0.2) is 5.91 Å². The van der Waals surface area contributed by atoms with Gasteiger partial charge in [0.15, 0.2) is 0 Å². The van der Waals surface area contributed by atoms with Crippen LogP contribution >= 0.6 is 11.6 Å². The van der Waals surface area contributed by atoms with E-state index in [1.165, 1.54) is 0 Å². The molecule has 2 rings (SSSR count). The van der Waals surface area contributed by atoms with Crippen LogP contribution in [0.25, 0.3) is 0 Å². The lowest BCUT2D eigenvalue weighted by atomic mass is 10.1. The second-order valence-electron chi connectivity index (χ2n) is 4.51. The van der Waals surface area contributed by atoms with E-state index in [4.69, 9.17) is 17.3 Å². The molecule has 0 saturated carbocycles. The molecule has 0 saturated heterocycles. The van der Waals surface area contributed by atoms with Gasteiger partial charge in [0.25, 0.3) is 5.91 Å². The average Bonchev–Trinajstić information content (AvgIpc) is 2.32. The molecule has 19 heavy (non-hydrogen) atoms. The fraction of sp³-hybridized carbons (Fsp3) is 0.133. The van der Waals surface area contributed by atoms with Gasteiger partial charge in [-0.15, -0.1) is 0 Å². The topological polar surface area (TPSA) is 55.1 Å². The molecule has 3 N–H and O–H groups in total. The van der Waals surface area contributed by atoms with Gasteiger partial charge in [0.2, 0.25) is 0 Å². The van der Waals surface area contributed by atoms with Gasteiger partial charge < -0.3 is 11.1 Å². The third-order valence-corrected chi connectivity index (χ3v) is 3.18. The molecule has 0 unspecified atom stereocenters. The van der Waals surface area contributed by atoms with Crippen molar-refractivity contribution in [2.24, 2.45) is 0 Å². The standard InChI is InChI=1S/C15H15ClN2O/c1-9-3-6-14(10(2)7-9)18-15(19)12-5-4-11(17)8-13(12)16/h3-8H,17H2,1-2H3,(H,18,19). The molecule has 0 heterocycles. The van der Waals surface area contributed by atoms with E-state index in [0.29, 0.717) is 16.3 Å². The minimum absolute atomic E-state index is 0.239. The number of hydrogen-bond donors (Lipinski definition) is 2. The molecule has 0 aliphatic rings. The molecule has 2 aromatic rings. The van der Waals surface area contributed by atoms with Crippen LogP contribution in [0.4, 0.5) is 11.4 Å². The van der Waals surface area contributed by atoms with Crippen LogP contribution in [0, 0.1) is 13.8 Å². The number of aryl methyl sites for hydroxylation is 2. The van der Waals surface area contributed by atoms with Gasteiger partial charge in [0.05, 0.1) is 10.6 Å². The van der Waals surface area contributed by atoms with E-state index in [9.17, 15) is 4.79 Å². The lowest BCUT2D eigenvalue weighted by Gasteiger charge is -2.10. The molecule has 1 amide bonds. The Labute approximate surface area is 117 Å². The zero-order valence-corrected chi connectivity index (χ0v) is 11.6. The van der Waals surface area contributed by atoms with E-state index in [1.807, 2.05) is 32.0 Å². The summed E-state index contributed by atoms with van der Waals surface area (Å²) in [4.78, 5) is 12.1. The van der Waals surface area contributed by atoms with E-state index in [-0.39, 0.29) is 5.91 Å². The number of anilines is 2. The highest BCUT2D eigenvalue weighted by Gasteiger charge is 2.11. The lowest BCUT2D eigenvalue weighted by Crippen LogP contribution is -2.13. The monoisotopic (exact) mass is 274 g/mol. The van der Waals surface area contributed by atoms with Gasteiger partial charge in [0, 0.05) is 11.4 Å². The minimum Gasteiger partial charge on any atom is -0.399 e.